The van der Waals surface area contributed by atoms with E-state index in [0.717, 1.165) is 9.70 Å². The summed E-state index contributed by atoms with van der Waals surface area (Å²) in [5.41, 5.74) is 0. The molecular weight excluding hydrogens is 248 g/mol. The number of rotatable bonds is 1. The van der Waals surface area contributed by atoms with Gasteiger partial charge in [-0.3, -0.25) is 0 Å². The van der Waals surface area contributed by atoms with Crippen LogP contribution in [0.1, 0.15) is 19.8 Å². The third-order valence-electron chi connectivity index (χ3n) is 2.52. The Kier molecular flexibility index (Phi) is 2.89. The number of thiazole rings is 1. The standard InChI is InChI=1S/C9H13BrN2S/c1-7-2-4-12(5-3-7)9-11-6-8(10)13-9/h6-7H,2-5H2,1H3. The van der Waals surface area contributed by atoms with Gasteiger partial charge in [-0.25, -0.2) is 4.98 Å². The molecule has 2 rings (SSSR count). The second kappa shape index (κ2) is 3.96. The lowest BCUT2D eigenvalue weighted by atomic mass is 10.00. The number of hydrogen-bond donors (Lipinski definition) is 0. The number of aromatic nitrogens is 1. The highest BCUT2D eigenvalue weighted by atomic mass is 79.9. The summed E-state index contributed by atoms with van der Waals surface area (Å²) in [5, 5.41) is 1.17. The molecule has 1 aromatic heterocycles. The quantitative estimate of drug-likeness (QED) is 0.772. The lowest BCUT2D eigenvalue weighted by molar-refractivity contribution is 0.438. The van der Waals surface area contributed by atoms with Gasteiger partial charge in [0.25, 0.3) is 0 Å². The maximum atomic E-state index is 4.36. The van der Waals surface area contributed by atoms with Crippen LogP contribution in [0.15, 0.2) is 9.98 Å². The molecule has 2 nitrogen and oxygen atoms in total. The highest BCUT2D eigenvalue weighted by Gasteiger charge is 2.17. The zero-order valence-electron chi connectivity index (χ0n) is 7.66. The Morgan fingerprint density at radius 1 is 1.54 bits per heavy atom. The van der Waals surface area contributed by atoms with Crippen molar-refractivity contribution in [2.45, 2.75) is 19.8 Å². The van der Waals surface area contributed by atoms with Crippen LogP contribution in [0, 0.1) is 5.92 Å². The Morgan fingerprint density at radius 2 is 2.23 bits per heavy atom. The van der Waals surface area contributed by atoms with Gasteiger partial charge in [0.1, 0.15) is 0 Å². The molecule has 1 fully saturated rings. The minimum Gasteiger partial charge on any atom is -0.348 e. The van der Waals surface area contributed by atoms with E-state index in [1.54, 1.807) is 11.3 Å². The van der Waals surface area contributed by atoms with E-state index in [2.05, 4.69) is 32.7 Å². The first-order chi connectivity index (χ1) is 6.25. The Bertz CT molecular complexity index is 279. The van der Waals surface area contributed by atoms with Gasteiger partial charge >= 0.3 is 0 Å². The van der Waals surface area contributed by atoms with Crippen molar-refractivity contribution < 1.29 is 0 Å². The predicted molar refractivity (Wildman–Crippen MR) is 60.4 cm³/mol. The van der Waals surface area contributed by atoms with Crippen molar-refractivity contribution in [2.75, 3.05) is 18.0 Å². The summed E-state index contributed by atoms with van der Waals surface area (Å²) in [6, 6.07) is 0. The first kappa shape index (κ1) is 9.46. The van der Waals surface area contributed by atoms with Crippen LogP contribution in [0.5, 0.6) is 0 Å². The van der Waals surface area contributed by atoms with E-state index in [4.69, 9.17) is 0 Å². The molecule has 0 radical (unpaired) electrons. The fraction of sp³-hybridized carbons (Fsp3) is 0.667. The first-order valence-corrected chi connectivity index (χ1v) is 6.23. The Morgan fingerprint density at radius 3 is 2.77 bits per heavy atom. The summed E-state index contributed by atoms with van der Waals surface area (Å²) in [7, 11) is 0. The number of nitrogens with zero attached hydrogens (tertiary/aromatic N) is 2. The third kappa shape index (κ3) is 2.23. The molecule has 1 aliphatic heterocycles. The summed E-state index contributed by atoms with van der Waals surface area (Å²) in [6.07, 6.45) is 4.49. The first-order valence-electron chi connectivity index (χ1n) is 4.62. The molecule has 1 aromatic rings. The van der Waals surface area contributed by atoms with Crippen LogP contribution in [-0.4, -0.2) is 18.1 Å². The van der Waals surface area contributed by atoms with Crippen LogP contribution in [-0.2, 0) is 0 Å². The van der Waals surface area contributed by atoms with Crippen molar-refractivity contribution in [1.29, 1.82) is 0 Å². The van der Waals surface area contributed by atoms with Gasteiger partial charge in [-0.15, -0.1) is 0 Å². The zero-order valence-corrected chi connectivity index (χ0v) is 10.1. The van der Waals surface area contributed by atoms with Gasteiger partial charge < -0.3 is 4.90 Å². The highest BCUT2D eigenvalue weighted by molar-refractivity contribution is 9.11. The van der Waals surface area contributed by atoms with E-state index in [9.17, 15) is 0 Å². The Labute approximate surface area is 91.1 Å². The maximum Gasteiger partial charge on any atom is 0.186 e. The predicted octanol–water partition coefficient (Wildman–Crippen LogP) is 3.14. The molecular formula is C9H13BrN2S. The van der Waals surface area contributed by atoms with Gasteiger partial charge in [0, 0.05) is 13.1 Å². The fourth-order valence-corrected chi connectivity index (χ4v) is 2.83. The highest BCUT2D eigenvalue weighted by Crippen LogP contribution is 2.29. The molecule has 0 amide bonds. The van der Waals surface area contributed by atoms with Crippen LogP contribution < -0.4 is 4.90 Å². The molecule has 1 aliphatic rings. The minimum atomic E-state index is 0.889. The summed E-state index contributed by atoms with van der Waals surface area (Å²) in [4.78, 5) is 6.75. The topological polar surface area (TPSA) is 16.1 Å². The van der Waals surface area contributed by atoms with Gasteiger partial charge in [-0.05, 0) is 34.7 Å². The average Bonchev–Trinajstić information content (AvgIpc) is 2.53. The summed E-state index contributed by atoms with van der Waals surface area (Å²) < 4.78 is 1.13. The van der Waals surface area contributed by atoms with E-state index >= 15 is 0 Å². The molecule has 0 spiro atoms. The van der Waals surface area contributed by atoms with Crippen LogP contribution >= 0.6 is 27.3 Å². The maximum absolute atomic E-state index is 4.36. The van der Waals surface area contributed by atoms with E-state index in [-0.39, 0.29) is 0 Å². The monoisotopic (exact) mass is 260 g/mol. The number of halogens is 1. The summed E-state index contributed by atoms with van der Waals surface area (Å²) >= 11 is 5.17. The second-order valence-corrected chi connectivity index (χ2v) is 6.00. The van der Waals surface area contributed by atoms with Crippen molar-refractivity contribution in [2.24, 2.45) is 5.92 Å². The molecule has 1 saturated heterocycles. The normalized spacial score (nSPS) is 19.4. The van der Waals surface area contributed by atoms with E-state index in [1.807, 2.05) is 6.20 Å². The van der Waals surface area contributed by atoms with Crippen LogP contribution in [0.3, 0.4) is 0 Å². The lowest BCUT2D eigenvalue weighted by Crippen LogP contribution is -2.32. The van der Waals surface area contributed by atoms with Gasteiger partial charge in [-0.1, -0.05) is 18.3 Å². The smallest absolute Gasteiger partial charge is 0.186 e. The molecule has 0 N–H and O–H groups in total. The molecule has 13 heavy (non-hydrogen) atoms. The summed E-state index contributed by atoms with van der Waals surface area (Å²) in [6.45, 7) is 4.66. The van der Waals surface area contributed by atoms with Gasteiger partial charge in [0.2, 0.25) is 0 Å². The van der Waals surface area contributed by atoms with Crippen molar-refractivity contribution in [3.8, 4) is 0 Å². The van der Waals surface area contributed by atoms with E-state index < -0.39 is 0 Å². The van der Waals surface area contributed by atoms with Crippen LogP contribution in [0.2, 0.25) is 0 Å². The Balaban J connectivity index is 2.02. The number of anilines is 1. The van der Waals surface area contributed by atoms with Crippen molar-refractivity contribution in [3.05, 3.63) is 9.98 Å². The molecule has 4 heteroatoms. The Hall–Kier alpha value is -0.0900. The molecule has 0 saturated carbocycles. The molecule has 0 aliphatic carbocycles. The van der Waals surface area contributed by atoms with Gasteiger partial charge in [0.05, 0.1) is 9.98 Å². The molecule has 72 valence electrons. The van der Waals surface area contributed by atoms with Crippen molar-refractivity contribution in [1.82, 2.24) is 4.98 Å². The number of hydrogen-bond acceptors (Lipinski definition) is 3. The lowest BCUT2D eigenvalue weighted by Gasteiger charge is -2.29. The van der Waals surface area contributed by atoms with Crippen LogP contribution in [0.25, 0.3) is 0 Å². The average molecular weight is 261 g/mol. The minimum absolute atomic E-state index is 0.889. The second-order valence-electron chi connectivity index (χ2n) is 3.62. The molecule has 2 heterocycles. The molecule has 0 unspecified atom stereocenters. The number of piperidine rings is 1. The van der Waals surface area contributed by atoms with E-state index in [0.29, 0.717) is 0 Å². The van der Waals surface area contributed by atoms with Gasteiger partial charge in [-0.2, -0.15) is 0 Å². The van der Waals surface area contributed by atoms with Crippen molar-refractivity contribution >= 4 is 32.4 Å². The largest absolute Gasteiger partial charge is 0.348 e. The SMILES string of the molecule is CC1CCN(c2ncc(Br)s2)CC1. The zero-order chi connectivity index (χ0) is 9.26. The van der Waals surface area contributed by atoms with E-state index in [1.165, 1.54) is 31.1 Å². The third-order valence-corrected chi connectivity index (χ3v) is 4.06. The van der Waals surface area contributed by atoms with Gasteiger partial charge in [0.15, 0.2) is 5.13 Å². The summed E-state index contributed by atoms with van der Waals surface area (Å²) in [5.74, 6) is 0.889. The van der Waals surface area contributed by atoms with Crippen LogP contribution in [0.4, 0.5) is 5.13 Å². The molecule has 0 atom stereocenters. The fourth-order valence-electron chi connectivity index (χ4n) is 1.59. The molecule has 0 aromatic carbocycles. The molecule has 0 bridgehead atoms. The van der Waals surface area contributed by atoms with Crippen molar-refractivity contribution in [3.63, 3.8) is 0 Å².